The third-order valence-corrected chi connectivity index (χ3v) is 4.32. The van der Waals surface area contributed by atoms with E-state index in [1.54, 1.807) is 4.90 Å². The van der Waals surface area contributed by atoms with Crippen molar-refractivity contribution < 1.29 is 4.79 Å². The Balaban J connectivity index is 1.85. The minimum atomic E-state index is 0.0212. The number of nitrogens with zero attached hydrogens (tertiary/aromatic N) is 4. The van der Waals surface area contributed by atoms with Crippen LogP contribution in [-0.2, 0) is 11.2 Å². The normalized spacial score (nSPS) is 13.6. The van der Waals surface area contributed by atoms with Crippen molar-refractivity contribution in [1.29, 1.82) is 5.26 Å². The highest BCUT2D eigenvalue weighted by Crippen LogP contribution is 2.28. The number of aryl methyl sites for hydroxylation is 1. The van der Waals surface area contributed by atoms with Crippen LogP contribution in [0.25, 0.3) is 5.69 Å². The molecule has 1 amide bonds. The van der Waals surface area contributed by atoms with Gasteiger partial charge in [0, 0.05) is 17.3 Å². The van der Waals surface area contributed by atoms with E-state index in [4.69, 9.17) is 5.26 Å². The van der Waals surface area contributed by atoms with Gasteiger partial charge in [-0.25, -0.2) is 4.68 Å². The van der Waals surface area contributed by atoms with Crippen LogP contribution < -0.4 is 0 Å². The zero-order valence-electron chi connectivity index (χ0n) is 13.5. The van der Waals surface area contributed by atoms with E-state index in [2.05, 4.69) is 11.2 Å². The van der Waals surface area contributed by atoms with Gasteiger partial charge in [0.05, 0.1) is 23.9 Å². The second kappa shape index (κ2) is 6.25. The Morgan fingerprint density at radius 2 is 2.04 bits per heavy atom. The Hall–Kier alpha value is -2.61. The van der Waals surface area contributed by atoms with Crippen molar-refractivity contribution in [3.8, 4) is 11.8 Å². The first-order chi connectivity index (χ1) is 11.1. The van der Waals surface area contributed by atoms with E-state index >= 15 is 0 Å². The molecule has 118 valence electrons. The van der Waals surface area contributed by atoms with Crippen LogP contribution in [0.2, 0.25) is 0 Å². The summed E-state index contributed by atoms with van der Waals surface area (Å²) in [6, 6.07) is 12.3. The summed E-state index contributed by atoms with van der Waals surface area (Å²) in [5.74, 6) is 0.0212. The number of hydrogen-bond donors (Lipinski definition) is 0. The van der Waals surface area contributed by atoms with Gasteiger partial charge >= 0.3 is 0 Å². The van der Waals surface area contributed by atoms with Crippen LogP contribution in [-0.4, -0.2) is 33.2 Å². The lowest BCUT2D eigenvalue weighted by Gasteiger charge is -2.19. The molecule has 1 fully saturated rings. The van der Waals surface area contributed by atoms with Gasteiger partial charge in [0.25, 0.3) is 0 Å². The first-order valence-electron chi connectivity index (χ1n) is 7.88. The number of hydrogen-bond acceptors (Lipinski definition) is 3. The molecule has 0 saturated heterocycles. The van der Waals surface area contributed by atoms with Crippen LogP contribution in [0.1, 0.15) is 29.8 Å². The zero-order chi connectivity index (χ0) is 16.4. The molecule has 1 aromatic heterocycles. The van der Waals surface area contributed by atoms with Gasteiger partial charge in [-0.15, -0.1) is 0 Å². The lowest BCUT2D eigenvalue weighted by molar-refractivity contribution is -0.130. The molecule has 0 unspecified atom stereocenters. The van der Waals surface area contributed by atoms with Gasteiger partial charge in [-0.3, -0.25) is 4.79 Å². The van der Waals surface area contributed by atoms with Crippen molar-refractivity contribution in [3.05, 3.63) is 47.3 Å². The maximum atomic E-state index is 12.6. The molecule has 1 heterocycles. The highest BCUT2D eigenvalue weighted by molar-refractivity contribution is 5.80. The van der Waals surface area contributed by atoms with Crippen LogP contribution in [0, 0.1) is 25.2 Å². The van der Waals surface area contributed by atoms with Crippen molar-refractivity contribution >= 4 is 5.91 Å². The van der Waals surface area contributed by atoms with E-state index in [1.807, 2.05) is 48.9 Å². The van der Waals surface area contributed by atoms with Gasteiger partial charge in [-0.05, 0) is 38.8 Å². The molecule has 1 aromatic carbocycles. The fourth-order valence-electron chi connectivity index (χ4n) is 2.89. The highest BCUT2D eigenvalue weighted by Gasteiger charge is 2.32. The fourth-order valence-corrected chi connectivity index (χ4v) is 2.89. The molecule has 1 aliphatic rings. The van der Waals surface area contributed by atoms with E-state index in [1.165, 1.54) is 0 Å². The van der Waals surface area contributed by atoms with E-state index in [0.717, 1.165) is 35.5 Å². The molecule has 0 atom stereocenters. The number of amides is 1. The van der Waals surface area contributed by atoms with E-state index in [-0.39, 0.29) is 18.5 Å². The Labute approximate surface area is 136 Å². The SMILES string of the molecule is Cc1nn(-c2ccccc2)c(C)c1CC(=O)N(CC#N)C1CC1. The lowest BCUT2D eigenvalue weighted by Crippen LogP contribution is -2.34. The minimum absolute atomic E-state index is 0.0212. The molecule has 0 bridgehead atoms. The molecule has 2 aromatic rings. The van der Waals surface area contributed by atoms with Crippen molar-refractivity contribution in [3.63, 3.8) is 0 Å². The standard InChI is InChI=1S/C18H20N4O/c1-13-17(12-18(23)21(11-10-19)15-8-9-15)14(2)22(20-13)16-6-4-3-5-7-16/h3-7,15H,8-9,11-12H2,1-2H3. The van der Waals surface area contributed by atoms with Crippen LogP contribution >= 0.6 is 0 Å². The van der Waals surface area contributed by atoms with Crippen LogP contribution in [0.5, 0.6) is 0 Å². The molecule has 23 heavy (non-hydrogen) atoms. The Kier molecular flexibility index (Phi) is 4.16. The molecule has 5 nitrogen and oxygen atoms in total. The maximum Gasteiger partial charge on any atom is 0.228 e. The third kappa shape index (κ3) is 3.11. The minimum Gasteiger partial charge on any atom is -0.326 e. The predicted octanol–water partition coefficient (Wildman–Crippen LogP) is 2.55. The van der Waals surface area contributed by atoms with E-state index < -0.39 is 0 Å². The van der Waals surface area contributed by atoms with Crippen LogP contribution in [0.15, 0.2) is 30.3 Å². The van der Waals surface area contributed by atoms with Gasteiger partial charge < -0.3 is 4.90 Å². The predicted molar refractivity (Wildman–Crippen MR) is 87.1 cm³/mol. The highest BCUT2D eigenvalue weighted by atomic mass is 16.2. The van der Waals surface area contributed by atoms with Gasteiger partial charge in [-0.2, -0.15) is 10.4 Å². The summed E-state index contributed by atoms with van der Waals surface area (Å²) in [5, 5.41) is 13.5. The molecule has 1 saturated carbocycles. The quantitative estimate of drug-likeness (QED) is 0.797. The molecule has 0 aliphatic heterocycles. The number of aromatic nitrogens is 2. The molecule has 0 radical (unpaired) electrons. The van der Waals surface area contributed by atoms with Gasteiger partial charge in [0.15, 0.2) is 0 Å². The van der Waals surface area contributed by atoms with E-state index in [0.29, 0.717) is 6.42 Å². The van der Waals surface area contributed by atoms with Crippen molar-refractivity contribution in [2.45, 2.75) is 39.2 Å². The molecular formula is C18H20N4O. The first kappa shape index (κ1) is 15.3. The summed E-state index contributed by atoms with van der Waals surface area (Å²) in [7, 11) is 0. The summed E-state index contributed by atoms with van der Waals surface area (Å²) in [6.45, 7) is 4.09. The second-order valence-corrected chi connectivity index (χ2v) is 5.98. The summed E-state index contributed by atoms with van der Waals surface area (Å²) in [4.78, 5) is 14.3. The molecule has 0 N–H and O–H groups in total. The molecule has 0 spiro atoms. The van der Waals surface area contributed by atoms with Gasteiger partial charge in [0.2, 0.25) is 5.91 Å². The molecule has 3 rings (SSSR count). The van der Waals surface area contributed by atoms with E-state index in [9.17, 15) is 4.79 Å². The summed E-state index contributed by atoms with van der Waals surface area (Å²) < 4.78 is 1.88. The van der Waals surface area contributed by atoms with Crippen LogP contribution in [0.3, 0.4) is 0 Å². The smallest absolute Gasteiger partial charge is 0.228 e. The second-order valence-electron chi connectivity index (χ2n) is 5.98. The Bertz CT molecular complexity index is 753. The average Bonchev–Trinajstić information content (AvgIpc) is 3.35. The Morgan fingerprint density at radius 3 is 2.65 bits per heavy atom. The summed E-state index contributed by atoms with van der Waals surface area (Å²) in [6.07, 6.45) is 2.33. The first-order valence-corrected chi connectivity index (χ1v) is 7.88. The number of carbonyl (C=O) groups is 1. The Morgan fingerprint density at radius 1 is 1.35 bits per heavy atom. The summed E-state index contributed by atoms with van der Waals surface area (Å²) >= 11 is 0. The number of para-hydroxylation sites is 1. The monoisotopic (exact) mass is 308 g/mol. The molecular weight excluding hydrogens is 288 g/mol. The zero-order valence-corrected chi connectivity index (χ0v) is 13.5. The van der Waals surface area contributed by atoms with Gasteiger partial charge in [-0.1, -0.05) is 18.2 Å². The average molecular weight is 308 g/mol. The summed E-state index contributed by atoms with van der Waals surface area (Å²) in [5.41, 5.74) is 3.80. The van der Waals surface area contributed by atoms with Crippen molar-refractivity contribution in [2.24, 2.45) is 0 Å². The largest absolute Gasteiger partial charge is 0.326 e. The fraction of sp³-hybridized carbons (Fsp3) is 0.389. The van der Waals surface area contributed by atoms with Gasteiger partial charge in [0.1, 0.15) is 6.54 Å². The van der Waals surface area contributed by atoms with Crippen LogP contribution in [0.4, 0.5) is 0 Å². The topological polar surface area (TPSA) is 61.9 Å². The number of benzene rings is 1. The lowest BCUT2D eigenvalue weighted by atomic mass is 10.1. The third-order valence-electron chi connectivity index (χ3n) is 4.32. The number of rotatable bonds is 5. The van der Waals surface area contributed by atoms with Crippen molar-refractivity contribution in [1.82, 2.24) is 14.7 Å². The molecule has 1 aliphatic carbocycles. The number of carbonyl (C=O) groups excluding carboxylic acids is 1. The number of nitriles is 1. The maximum absolute atomic E-state index is 12.6. The van der Waals surface area contributed by atoms with Crippen molar-refractivity contribution in [2.75, 3.05) is 6.54 Å². The molecule has 5 heteroatoms.